The molecule has 0 amide bonds. The topological polar surface area (TPSA) is 96.3 Å². The highest BCUT2D eigenvalue weighted by Crippen LogP contribution is 2.27. The Kier molecular flexibility index (Phi) is 6.07. The number of hydrogen-bond acceptors (Lipinski definition) is 6. The van der Waals surface area contributed by atoms with Crippen LogP contribution in [0.2, 0.25) is 0 Å². The van der Waals surface area contributed by atoms with Crippen molar-refractivity contribution in [3.63, 3.8) is 0 Å². The molecule has 0 saturated carbocycles. The minimum atomic E-state index is -3.98. The molecule has 6 nitrogen and oxygen atoms in total. The number of methoxy groups -OCH3 is 1. The van der Waals surface area contributed by atoms with E-state index in [-0.39, 0.29) is 10.5 Å². The molecule has 0 bridgehead atoms. The number of esters is 1. The maximum absolute atomic E-state index is 12.7. The molecule has 2 aromatic carbocycles. The normalized spacial score (nSPS) is 10.8. The van der Waals surface area contributed by atoms with Gasteiger partial charge in [-0.3, -0.25) is 4.72 Å². The monoisotopic (exact) mass is 376 g/mol. The molecule has 0 atom stereocenters. The van der Waals surface area contributed by atoms with E-state index in [1.165, 1.54) is 25.3 Å². The van der Waals surface area contributed by atoms with Crippen molar-refractivity contribution in [2.75, 3.05) is 11.8 Å². The van der Waals surface area contributed by atoms with Crippen molar-refractivity contribution < 1.29 is 17.9 Å². The fourth-order valence-corrected chi connectivity index (χ4v) is 4.00. The summed E-state index contributed by atoms with van der Waals surface area (Å²) in [4.78, 5) is 12.4. The van der Waals surface area contributed by atoms with Crippen LogP contribution in [0.5, 0.6) is 0 Å². The van der Waals surface area contributed by atoms with Gasteiger partial charge in [0.1, 0.15) is 10.3 Å². The summed E-state index contributed by atoms with van der Waals surface area (Å²) in [5, 5.41) is 10.7. The molecular formula is C17H16N2O4S2. The van der Waals surface area contributed by atoms with Gasteiger partial charge in [-0.05, 0) is 54.1 Å². The summed E-state index contributed by atoms with van der Waals surface area (Å²) >= 11 is 1.00. The Morgan fingerprint density at radius 1 is 1.28 bits per heavy atom. The van der Waals surface area contributed by atoms with Gasteiger partial charge in [-0.25, -0.2) is 13.2 Å². The molecule has 0 fully saturated rings. The van der Waals surface area contributed by atoms with E-state index in [0.29, 0.717) is 12.1 Å². The number of nitriles is 1. The zero-order valence-corrected chi connectivity index (χ0v) is 15.3. The quantitative estimate of drug-likeness (QED) is 0.471. The van der Waals surface area contributed by atoms with Crippen molar-refractivity contribution in [1.82, 2.24) is 0 Å². The Labute approximate surface area is 150 Å². The van der Waals surface area contributed by atoms with E-state index in [1.54, 1.807) is 24.3 Å². The molecule has 25 heavy (non-hydrogen) atoms. The second kappa shape index (κ2) is 8.05. The van der Waals surface area contributed by atoms with Crippen molar-refractivity contribution in [2.24, 2.45) is 0 Å². The Morgan fingerprint density at radius 2 is 2.00 bits per heavy atom. The van der Waals surface area contributed by atoms with Gasteiger partial charge in [0.25, 0.3) is 10.0 Å². The molecule has 1 N–H and O–H groups in total. The largest absolute Gasteiger partial charge is 0.465 e. The van der Waals surface area contributed by atoms with Gasteiger partial charge < -0.3 is 4.74 Å². The molecule has 0 aliphatic heterocycles. The fourth-order valence-electron chi connectivity index (χ4n) is 2.26. The van der Waals surface area contributed by atoms with Crippen molar-refractivity contribution >= 4 is 33.4 Å². The summed E-state index contributed by atoms with van der Waals surface area (Å²) in [6.07, 6.45) is 0.580. The van der Waals surface area contributed by atoms with Crippen LogP contribution < -0.4 is 4.72 Å². The van der Waals surface area contributed by atoms with Crippen LogP contribution >= 0.6 is 11.8 Å². The van der Waals surface area contributed by atoms with E-state index < -0.39 is 16.0 Å². The van der Waals surface area contributed by atoms with Crippen LogP contribution in [0.4, 0.5) is 5.69 Å². The number of hydrogen-bond donors (Lipinski definition) is 1. The molecule has 0 aliphatic rings. The lowest BCUT2D eigenvalue weighted by atomic mass is 10.1. The number of nitrogens with one attached hydrogen (secondary N) is 1. The highest BCUT2D eigenvalue weighted by atomic mass is 32.2. The molecule has 0 aromatic heterocycles. The van der Waals surface area contributed by atoms with Gasteiger partial charge in [0.15, 0.2) is 0 Å². The van der Waals surface area contributed by atoms with Crippen LogP contribution in [0.25, 0.3) is 0 Å². The van der Waals surface area contributed by atoms with E-state index in [2.05, 4.69) is 9.46 Å². The number of benzene rings is 2. The van der Waals surface area contributed by atoms with Gasteiger partial charge in [-0.15, -0.1) is 0 Å². The number of aryl methyl sites for hydroxylation is 1. The number of sulfonamides is 1. The summed E-state index contributed by atoms with van der Waals surface area (Å²) in [6, 6.07) is 10.9. The number of ether oxygens (including phenoxy) is 1. The lowest BCUT2D eigenvalue weighted by molar-refractivity contribution is 0.0596. The van der Waals surface area contributed by atoms with Crippen LogP contribution in [0.15, 0.2) is 52.3 Å². The van der Waals surface area contributed by atoms with Gasteiger partial charge >= 0.3 is 5.97 Å². The molecule has 0 spiro atoms. The van der Waals surface area contributed by atoms with E-state index in [4.69, 9.17) is 5.26 Å². The lowest BCUT2D eigenvalue weighted by Gasteiger charge is -2.14. The number of nitrogens with zero attached hydrogens (tertiary/aromatic N) is 1. The highest BCUT2D eigenvalue weighted by Gasteiger charge is 2.23. The van der Waals surface area contributed by atoms with Gasteiger partial charge in [0.05, 0.1) is 18.4 Å². The molecular weight excluding hydrogens is 360 g/mol. The van der Waals surface area contributed by atoms with Gasteiger partial charge in [0.2, 0.25) is 0 Å². The predicted octanol–water partition coefficient (Wildman–Crippen LogP) is 3.41. The van der Waals surface area contributed by atoms with Crippen LogP contribution in [0.3, 0.4) is 0 Å². The first kappa shape index (κ1) is 18.8. The summed E-state index contributed by atoms with van der Waals surface area (Å²) < 4.78 is 32.7. The molecule has 130 valence electrons. The summed E-state index contributed by atoms with van der Waals surface area (Å²) in [5.41, 5.74) is 1.12. The van der Waals surface area contributed by atoms with Gasteiger partial charge in [-0.1, -0.05) is 19.1 Å². The maximum atomic E-state index is 12.7. The summed E-state index contributed by atoms with van der Waals surface area (Å²) in [6.45, 7) is 1.89. The lowest BCUT2D eigenvalue weighted by Crippen LogP contribution is -2.18. The van der Waals surface area contributed by atoms with Gasteiger partial charge in [0, 0.05) is 4.90 Å². The number of carbonyl (C=O) groups excluding carboxylic acids is 1. The predicted molar refractivity (Wildman–Crippen MR) is 95.9 cm³/mol. The van der Waals surface area contributed by atoms with Crippen molar-refractivity contribution in [3.8, 4) is 5.40 Å². The Balaban J connectivity index is 2.44. The van der Waals surface area contributed by atoms with Crippen molar-refractivity contribution in [1.29, 1.82) is 5.26 Å². The maximum Gasteiger partial charge on any atom is 0.339 e. The third kappa shape index (κ3) is 4.32. The molecule has 0 unspecified atom stereocenters. The Hall–Kier alpha value is -2.50. The average Bonchev–Trinajstić information content (AvgIpc) is 2.62. The molecule has 8 heteroatoms. The standard InChI is InChI=1S/C17H16N2O4S2/c1-3-12-10-13(24-11-18)8-9-15(12)19-25(21,22)16-7-5-4-6-14(16)17(20)23-2/h4-10,19H,3H2,1-2H3. The second-order valence-corrected chi connectivity index (χ2v) is 7.47. The Bertz CT molecular complexity index is 934. The first-order valence-electron chi connectivity index (χ1n) is 7.32. The first-order valence-corrected chi connectivity index (χ1v) is 9.62. The number of rotatable bonds is 6. The zero-order valence-electron chi connectivity index (χ0n) is 13.6. The minimum absolute atomic E-state index is 0.0350. The summed E-state index contributed by atoms with van der Waals surface area (Å²) in [7, 11) is -2.79. The molecule has 2 aromatic rings. The smallest absolute Gasteiger partial charge is 0.339 e. The van der Waals surface area contributed by atoms with Crippen LogP contribution in [0, 0.1) is 10.7 Å². The number of thiocyanates is 1. The minimum Gasteiger partial charge on any atom is -0.465 e. The fraction of sp³-hybridized carbons (Fsp3) is 0.176. The van der Waals surface area contributed by atoms with E-state index in [1.807, 2.05) is 12.3 Å². The zero-order chi connectivity index (χ0) is 18.4. The Morgan fingerprint density at radius 3 is 2.64 bits per heavy atom. The van der Waals surface area contributed by atoms with E-state index in [0.717, 1.165) is 22.2 Å². The molecule has 2 rings (SSSR count). The summed E-state index contributed by atoms with van der Waals surface area (Å²) in [5.74, 6) is -0.725. The van der Waals surface area contributed by atoms with Crippen molar-refractivity contribution in [2.45, 2.75) is 23.1 Å². The van der Waals surface area contributed by atoms with Crippen LogP contribution in [-0.2, 0) is 21.2 Å². The van der Waals surface area contributed by atoms with Crippen molar-refractivity contribution in [3.05, 3.63) is 53.6 Å². The first-order chi connectivity index (χ1) is 11.9. The SMILES string of the molecule is CCc1cc(SC#N)ccc1NS(=O)(=O)c1ccccc1C(=O)OC. The second-order valence-electron chi connectivity index (χ2n) is 4.96. The molecule has 0 heterocycles. The molecule has 0 radical (unpaired) electrons. The van der Waals surface area contributed by atoms with E-state index in [9.17, 15) is 13.2 Å². The van der Waals surface area contributed by atoms with Crippen LogP contribution in [-0.4, -0.2) is 21.5 Å². The van der Waals surface area contributed by atoms with Gasteiger partial charge in [-0.2, -0.15) is 5.26 Å². The van der Waals surface area contributed by atoms with E-state index >= 15 is 0 Å². The molecule has 0 saturated heterocycles. The third-order valence-corrected chi connectivity index (χ3v) is 5.45. The average molecular weight is 376 g/mol. The number of thioether (sulfide) groups is 1. The number of anilines is 1. The van der Waals surface area contributed by atoms with Crippen LogP contribution in [0.1, 0.15) is 22.8 Å². The molecule has 0 aliphatic carbocycles. The third-order valence-electron chi connectivity index (χ3n) is 3.45. The number of carbonyl (C=O) groups is 1. The highest BCUT2D eigenvalue weighted by molar-refractivity contribution is 8.03.